The van der Waals surface area contributed by atoms with Crippen LogP contribution in [0.3, 0.4) is 0 Å². The van der Waals surface area contributed by atoms with E-state index >= 15 is 0 Å². The van der Waals surface area contributed by atoms with Crippen LogP contribution in [0.4, 0.5) is 0 Å². The van der Waals surface area contributed by atoms with Crippen LogP contribution in [-0.2, 0) is 16.6 Å². The molecule has 1 saturated heterocycles. The van der Waals surface area contributed by atoms with Gasteiger partial charge >= 0.3 is 0 Å². The molecule has 3 amide bonds. The van der Waals surface area contributed by atoms with Crippen molar-refractivity contribution in [3.05, 3.63) is 34.2 Å². The van der Waals surface area contributed by atoms with E-state index in [0.29, 0.717) is 13.0 Å². The molecular formula is C15H19N3O4. The molecule has 22 heavy (non-hydrogen) atoms. The van der Waals surface area contributed by atoms with Gasteiger partial charge < -0.3 is 9.47 Å². The largest absolute Gasteiger partial charge is 0.326 e. The Hall–Kier alpha value is -2.44. The Morgan fingerprint density at radius 2 is 2.00 bits per heavy atom. The van der Waals surface area contributed by atoms with Crippen LogP contribution in [0.25, 0.3) is 0 Å². The number of rotatable bonds is 4. The summed E-state index contributed by atoms with van der Waals surface area (Å²) in [6.07, 6.45) is 2.15. The molecule has 2 heterocycles. The maximum absolute atomic E-state index is 12.7. The fourth-order valence-electron chi connectivity index (χ4n) is 2.53. The van der Waals surface area contributed by atoms with Crippen LogP contribution in [0.5, 0.6) is 0 Å². The van der Waals surface area contributed by atoms with Gasteiger partial charge in [0.2, 0.25) is 5.91 Å². The Balaban J connectivity index is 2.38. The third kappa shape index (κ3) is 2.66. The SMILES string of the molecule is CCCN(C(=O)c1cccn(C)c1=O)C1CC(=O)N(C)C1=O. The highest BCUT2D eigenvalue weighted by Gasteiger charge is 2.42. The number of amides is 3. The van der Waals surface area contributed by atoms with Crippen molar-refractivity contribution in [1.82, 2.24) is 14.4 Å². The first-order valence-electron chi connectivity index (χ1n) is 7.15. The monoisotopic (exact) mass is 305 g/mol. The molecule has 7 nitrogen and oxygen atoms in total. The Bertz CT molecular complexity index is 680. The molecule has 1 aromatic rings. The summed E-state index contributed by atoms with van der Waals surface area (Å²) < 4.78 is 1.31. The number of imide groups is 1. The Morgan fingerprint density at radius 1 is 1.32 bits per heavy atom. The molecule has 1 fully saturated rings. The number of aromatic nitrogens is 1. The number of aryl methyl sites for hydroxylation is 1. The first-order chi connectivity index (χ1) is 10.4. The fraction of sp³-hybridized carbons (Fsp3) is 0.467. The van der Waals surface area contributed by atoms with E-state index in [1.165, 1.54) is 22.6 Å². The van der Waals surface area contributed by atoms with E-state index in [1.807, 2.05) is 6.92 Å². The normalized spacial score (nSPS) is 18.0. The quantitative estimate of drug-likeness (QED) is 0.733. The van der Waals surface area contributed by atoms with Gasteiger partial charge in [0.15, 0.2) is 0 Å². The minimum absolute atomic E-state index is 0.00764. The summed E-state index contributed by atoms with van der Waals surface area (Å²) >= 11 is 0. The van der Waals surface area contributed by atoms with Gasteiger partial charge in [-0.1, -0.05) is 6.92 Å². The Kier molecular flexibility index (Phi) is 4.44. The Morgan fingerprint density at radius 3 is 2.55 bits per heavy atom. The number of likely N-dealkylation sites (tertiary alicyclic amines) is 1. The summed E-state index contributed by atoms with van der Waals surface area (Å²) in [7, 11) is 2.96. The molecular weight excluding hydrogens is 286 g/mol. The summed E-state index contributed by atoms with van der Waals surface area (Å²) in [6.45, 7) is 2.18. The predicted octanol–water partition coefficient (Wildman–Crippen LogP) is -0.00520. The molecule has 0 bridgehead atoms. The third-order valence-corrected chi connectivity index (χ3v) is 3.81. The van der Waals surface area contributed by atoms with Gasteiger partial charge in [-0.3, -0.25) is 24.1 Å². The van der Waals surface area contributed by atoms with E-state index < -0.39 is 23.4 Å². The van der Waals surface area contributed by atoms with Crippen LogP contribution in [0, 0.1) is 0 Å². The van der Waals surface area contributed by atoms with E-state index in [4.69, 9.17) is 0 Å². The van der Waals surface area contributed by atoms with Gasteiger partial charge in [0.05, 0.1) is 6.42 Å². The molecule has 1 aromatic heterocycles. The second kappa shape index (κ2) is 6.13. The summed E-state index contributed by atoms with van der Waals surface area (Å²) in [4.78, 5) is 51.0. The molecule has 0 saturated carbocycles. The fourth-order valence-corrected chi connectivity index (χ4v) is 2.53. The van der Waals surface area contributed by atoms with Crippen molar-refractivity contribution >= 4 is 17.7 Å². The molecule has 1 unspecified atom stereocenters. The molecule has 118 valence electrons. The van der Waals surface area contributed by atoms with Gasteiger partial charge in [0.1, 0.15) is 11.6 Å². The van der Waals surface area contributed by atoms with Crippen molar-refractivity contribution in [1.29, 1.82) is 0 Å². The first kappa shape index (κ1) is 15.9. The topological polar surface area (TPSA) is 79.7 Å². The maximum Gasteiger partial charge on any atom is 0.263 e. The summed E-state index contributed by atoms with van der Waals surface area (Å²) in [5.41, 5.74) is -0.410. The Labute approximate surface area is 128 Å². The molecule has 1 aliphatic rings. The zero-order valence-corrected chi connectivity index (χ0v) is 12.9. The molecule has 1 atom stereocenters. The zero-order valence-electron chi connectivity index (χ0n) is 12.9. The van der Waals surface area contributed by atoms with E-state index in [2.05, 4.69) is 0 Å². The molecule has 1 aliphatic heterocycles. The molecule has 0 spiro atoms. The van der Waals surface area contributed by atoms with Crippen LogP contribution in [0.15, 0.2) is 23.1 Å². The van der Waals surface area contributed by atoms with Crippen molar-refractivity contribution in [2.45, 2.75) is 25.8 Å². The van der Waals surface area contributed by atoms with E-state index in [-0.39, 0.29) is 17.9 Å². The number of carbonyl (C=O) groups is 3. The van der Waals surface area contributed by atoms with Crippen LogP contribution < -0.4 is 5.56 Å². The number of hydrogen-bond acceptors (Lipinski definition) is 4. The molecule has 0 N–H and O–H groups in total. The molecule has 0 radical (unpaired) electrons. The van der Waals surface area contributed by atoms with Crippen LogP contribution in [0.1, 0.15) is 30.1 Å². The van der Waals surface area contributed by atoms with Gasteiger partial charge in [-0.25, -0.2) is 0 Å². The summed E-state index contributed by atoms with van der Waals surface area (Å²) in [5, 5.41) is 0. The minimum atomic E-state index is -0.824. The molecule has 0 aliphatic carbocycles. The average Bonchev–Trinajstić information content (AvgIpc) is 2.74. The average molecular weight is 305 g/mol. The van der Waals surface area contributed by atoms with Crippen LogP contribution >= 0.6 is 0 Å². The lowest BCUT2D eigenvalue weighted by molar-refractivity contribution is -0.137. The van der Waals surface area contributed by atoms with E-state index in [0.717, 1.165) is 4.90 Å². The lowest BCUT2D eigenvalue weighted by atomic mass is 10.1. The van der Waals surface area contributed by atoms with Gasteiger partial charge in [-0.2, -0.15) is 0 Å². The summed E-state index contributed by atoms with van der Waals surface area (Å²) in [5.74, 6) is -1.23. The zero-order chi connectivity index (χ0) is 16.4. The van der Waals surface area contributed by atoms with Crippen LogP contribution in [-0.4, -0.2) is 51.7 Å². The summed E-state index contributed by atoms with van der Waals surface area (Å²) in [6, 6.07) is 2.22. The number of hydrogen-bond donors (Lipinski definition) is 0. The van der Waals surface area contributed by atoms with E-state index in [9.17, 15) is 19.2 Å². The van der Waals surface area contributed by atoms with Crippen molar-refractivity contribution in [3.8, 4) is 0 Å². The lowest BCUT2D eigenvalue weighted by Gasteiger charge is -2.26. The van der Waals surface area contributed by atoms with Gasteiger partial charge in [-0.15, -0.1) is 0 Å². The number of likely N-dealkylation sites (N-methyl/N-ethyl adjacent to an activating group) is 1. The molecule has 2 rings (SSSR count). The number of nitrogens with zero attached hydrogens (tertiary/aromatic N) is 3. The van der Waals surface area contributed by atoms with Crippen molar-refractivity contribution < 1.29 is 14.4 Å². The predicted molar refractivity (Wildman–Crippen MR) is 79.2 cm³/mol. The molecule has 7 heteroatoms. The van der Waals surface area contributed by atoms with Crippen molar-refractivity contribution in [3.63, 3.8) is 0 Å². The van der Waals surface area contributed by atoms with Crippen LogP contribution in [0.2, 0.25) is 0 Å². The third-order valence-electron chi connectivity index (χ3n) is 3.81. The van der Waals surface area contributed by atoms with Gasteiger partial charge in [0.25, 0.3) is 17.4 Å². The standard InChI is InChI=1S/C15H19N3O4/c1-4-7-18(11-9-12(19)17(3)15(11)22)14(21)10-6-5-8-16(2)13(10)20/h5-6,8,11H,4,7,9H2,1-3H3. The highest BCUT2D eigenvalue weighted by atomic mass is 16.2. The molecule has 0 aromatic carbocycles. The number of pyridine rings is 1. The highest BCUT2D eigenvalue weighted by Crippen LogP contribution is 2.19. The smallest absolute Gasteiger partial charge is 0.263 e. The first-order valence-corrected chi connectivity index (χ1v) is 7.15. The maximum atomic E-state index is 12.7. The van der Waals surface area contributed by atoms with Gasteiger partial charge in [-0.05, 0) is 18.6 Å². The van der Waals surface area contributed by atoms with E-state index in [1.54, 1.807) is 19.3 Å². The van der Waals surface area contributed by atoms with Crippen molar-refractivity contribution in [2.75, 3.05) is 13.6 Å². The second-order valence-corrected chi connectivity index (χ2v) is 5.35. The minimum Gasteiger partial charge on any atom is -0.326 e. The second-order valence-electron chi connectivity index (χ2n) is 5.35. The lowest BCUT2D eigenvalue weighted by Crippen LogP contribution is -2.46. The highest BCUT2D eigenvalue weighted by molar-refractivity contribution is 6.07. The van der Waals surface area contributed by atoms with Gasteiger partial charge in [0, 0.05) is 26.8 Å². The number of carbonyl (C=O) groups excluding carboxylic acids is 3. The van der Waals surface area contributed by atoms with Crippen molar-refractivity contribution in [2.24, 2.45) is 7.05 Å².